The van der Waals surface area contributed by atoms with E-state index in [4.69, 9.17) is 0 Å². The van der Waals surface area contributed by atoms with Crippen LogP contribution in [0.1, 0.15) is 62.6 Å². The molecular weight excluding hydrogens is 264 g/mol. The van der Waals surface area contributed by atoms with Gasteiger partial charge in [-0.05, 0) is 35.4 Å². The molecule has 2 rings (SSSR count). The zero-order valence-corrected chi connectivity index (χ0v) is 14.2. The second-order valence-electron chi connectivity index (χ2n) is 6.64. The molecule has 2 aromatic rings. The summed E-state index contributed by atoms with van der Waals surface area (Å²) in [5, 5.41) is 0. The van der Waals surface area contributed by atoms with Gasteiger partial charge in [0.2, 0.25) is 0 Å². The topological polar surface area (TPSA) is 0 Å². The van der Waals surface area contributed by atoms with Crippen molar-refractivity contribution in [2.45, 2.75) is 58.8 Å². The van der Waals surface area contributed by atoms with Gasteiger partial charge in [0.25, 0.3) is 0 Å². The molecule has 0 heterocycles. The Balaban J connectivity index is 1.85. The van der Waals surface area contributed by atoms with Gasteiger partial charge in [-0.15, -0.1) is 0 Å². The van der Waals surface area contributed by atoms with Crippen LogP contribution in [0.2, 0.25) is 0 Å². The van der Waals surface area contributed by atoms with E-state index in [9.17, 15) is 0 Å². The normalized spacial score (nSPS) is 12.3. The molecule has 0 bridgehead atoms. The summed E-state index contributed by atoms with van der Waals surface area (Å²) >= 11 is 0. The van der Waals surface area contributed by atoms with Crippen molar-refractivity contribution in [2.75, 3.05) is 0 Å². The van der Waals surface area contributed by atoms with E-state index in [2.05, 4.69) is 68.4 Å². The van der Waals surface area contributed by atoms with Gasteiger partial charge in [0.1, 0.15) is 0 Å². The molecule has 0 aliphatic rings. The monoisotopic (exact) mass is 294 g/mol. The van der Waals surface area contributed by atoms with E-state index in [1.54, 1.807) is 0 Å². The zero-order valence-electron chi connectivity index (χ0n) is 14.2. The van der Waals surface area contributed by atoms with Crippen LogP contribution in [0.5, 0.6) is 0 Å². The quantitative estimate of drug-likeness (QED) is 0.468. The van der Waals surface area contributed by atoms with Crippen molar-refractivity contribution in [2.24, 2.45) is 5.92 Å². The summed E-state index contributed by atoms with van der Waals surface area (Å²) in [6, 6.07) is 19.9. The summed E-state index contributed by atoms with van der Waals surface area (Å²) in [7, 11) is 0. The van der Waals surface area contributed by atoms with Gasteiger partial charge in [-0.3, -0.25) is 0 Å². The molecule has 0 amide bonds. The Hall–Kier alpha value is -1.56. The highest BCUT2D eigenvalue weighted by Crippen LogP contribution is 2.18. The highest BCUT2D eigenvalue weighted by atomic mass is 14.1. The molecular formula is C22H30. The van der Waals surface area contributed by atoms with Crippen LogP contribution < -0.4 is 0 Å². The molecule has 1 atom stereocenters. The van der Waals surface area contributed by atoms with Gasteiger partial charge in [-0.2, -0.15) is 0 Å². The highest BCUT2D eigenvalue weighted by molar-refractivity contribution is 5.29. The third kappa shape index (κ3) is 6.05. The molecule has 0 N–H and O–H groups in total. The van der Waals surface area contributed by atoms with Crippen molar-refractivity contribution in [1.29, 1.82) is 0 Å². The first-order valence-corrected chi connectivity index (χ1v) is 8.89. The Kier molecular flexibility index (Phi) is 7.22. The van der Waals surface area contributed by atoms with Crippen molar-refractivity contribution in [3.63, 3.8) is 0 Å². The van der Waals surface area contributed by atoms with E-state index in [1.807, 2.05) is 0 Å². The van der Waals surface area contributed by atoms with Crippen LogP contribution in [0.25, 0.3) is 0 Å². The standard InChI is InChI=1S/C22H30/c1-3-4-5-7-11-19(2)16-21-14-10-15-22(18-21)17-20-12-8-6-9-13-20/h6,8-10,12-15,18-19H,3-5,7,11,16-17H2,1-2H3. The summed E-state index contributed by atoms with van der Waals surface area (Å²) in [6.07, 6.45) is 9.13. The molecule has 0 heteroatoms. The first kappa shape index (κ1) is 16.8. The molecule has 0 nitrogen and oxygen atoms in total. The Morgan fingerprint density at radius 3 is 2.27 bits per heavy atom. The van der Waals surface area contributed by atoms with E-state index in [0.717, 1.165) is 12.3 Å². The summed E-state index contributed by atoms with van der Waals surface area (Å²) < 4.78 is 0. The lowest BCUT2D eigenvalue weighted by Gasteiger charge is -2.12. The zero-order chi connectivity index (χ0) is 15.6. The van der Waals surface area contributed by atoms with Gasteiger partial charge < -0.3 is 0 Å². The second kappa shape index (κ2) is 9.46. The lowest BCUT2D eigenvalue weighted by atomic mass is 9.93. The van der Waals surface area contributed by atoms with E-state index >= 15 is 0 Å². The lowest BCUT2D eigenvalue weighted by molar-refractivity contribution is 0.487. The van der Waals surface area contributed by atoms with E-state index < -0.39 is 0 Å². The van der Waals surface area contributed by atoms with Gasteiger partial charge >= 0.3 is 0 Å². The van der Waals surface area contributed by atoms with Crippen LogP contribution in [0.3, 0.4) is 0 Å². The summed E-state index contributed by atoms with van der Waals surface area (Å²) in [4.78, 5) is 0. The average Bonchev–Trinajstić information content (AvgIpc) is 2.53. The smallest absolute Gasteiger partial charge is 0.00257 e. The molecule has 22 heavy (non-hydrogen) atoms. The fourth-order valence-electron chi connectivity index (χ4n) is 3.12. The molecule has 0 aliphatic heterocycles. The maximum Gasteiger partial charge on any atom is -0.00257 e. The molecule has 118 valence electrons. The first-order valence-electron chi connectivity index (χ1n) is 8.89. The average molecular weight is 294 g/mol. The first-order chi connectivity index (χ1) is 10.8. The summed E-state index contributed by atoms with van der Waals surface area (Å²) in [5.41, 5.74) is 4.32. The van der Waals surface area contributed by atoms with E-state index in [0.29, 0.717) is 0 Å². The van der Waals surface area contributed by atoms with Gasteiger partial charge in [0.15, 0.2) is 0 Å². The fourth-order valence-corrected chi connectivity index (χ4v) is 3.12. The number of benzene rings is 2. The molecule has 1 unspecified atom stereocenters. The molecule has 0 saturated carbocycles. The van der Waals surface area contributed by atoms with Gasteiger partial charge in [-0.25, -0.2) is 0 Å². The molecule has 0 radical (unpaired) electrons. The second-order valence-corrected chi connectivity index (χ2v) is 6.64. The van der Waals surface area contributed by atoms with Crippen molar-refractivity contribution in [1.82, 2.24) is 0 Å². The Bertz CT molecular complexity index is 527. The van der Waals surface area contributed by atoms with Gasteiger partial charge in [-0.1, -0.05) is 101 Å². The Morgan fingerprint density at radius 2 is 1.50 bits per heavy atom. The Morgan fingerprint density at radius 1 is 0.773 bits per heavy atom. The molecule has 0 aromatic heterocycles. The SMILES string of the molecule is CCCCCCC(C)Cc1cccc(Cc2ccccc2)c1. The predicted molar refractivity (Wildman–Crippen MR) is 97.3 cm³/mol. The van der Waals surface area contributed by atoms with Crippen LogP contribution in [0.4, 0.5) is 0 Å². The number of hydrogen-bond acceptors (Lipinski definition) is 0. The van der Waals surface area contributed by atoms with Gasteiger partial charge in [0.05, 0.1) is 0 Å². The van der Waals surface area contributed by atoms with E-state index in [-0.39, 0.29) is 0 Å². The minimum absolute atomic E-state index is 0.795. The molecule has 0 fully saturated rings. The molecule has 0 spiro atoms. The highest BCUT2D eigenvalue weighted by Gasteiger charge is 2.05. The predicted octanol–water partition coefficient (Wildman–Crippen LogP) is 6.43. The van der Waals surface area contributed by atoms with Crippen molar-refractivity contribution in [3.05, 3.63) is 71.3 Å². The summed E-state index contributed by atoms with van der Waals surface area (Å²) in [5.74, 6) is 0.795. The third-order valence-corrected chi connectivity index (χ3v) is 4.38. The van der Waals surface area contributed by atoms with Crippen LogP contribution in [-0.2, 0) is 12.8 Å². The number of rotatable bonds is 9. The maximum atomic E-state index is 2.40. The molecule has 0 aliphatic carbocycles. The Labute approximate surface area is 136 Å². The van der Waals surface area contributed by atoms with Crippen LogP contribution in [0.15, 0.2) is 54.6 Å². The van der Waals surface area contributed by atoms with Gasteiger partial charge in [0, 0.05) is 0 Å². The fraction of sp³-hybridized carbons (Fsp3) is 0.455. The summed E-state index contributed by atoms with van der Waals surface area (Å²) in [6.45, 7) is 4.68. The maximum absolute atomic E-state index is 2.40. The lowest BCUT2D eigenvalue weighted by Crippen LogP contribution is -2.00. The number of unbranched alkanes of at least 4 members (excludes halogenated alkanes) is 3. The van der Waals surface area contributed by atoms with Crippen molar-refractivity contribution >= 4 is 0 Å². The molecule has 0 saturated heterocycles. The van der Waals surface area contributed by atoms with Crippen LogP contribution in [0, 0.1) is 5.92 Å². The van der Waals surface area contributed by atoms with Crippen molar-refractivity contribution in [3.8, 4) is 0 Å². The minimum atomic E-state index is 0.795. The third-order valence-electron chi connectivity index (χ3n) is 4.38. The van der Waals surface area contributed by atoms with Crippen LogP contribution >= 0.6 is 0 Å². The van der Waals surface area contributed by atoms with Crippen molar-refractivity contribution < 1.29 is 0 Å². The minimum Gasteiger partial charge on any atom is -0.0654 e. The number of hydrogen-bond donors (Lipinski definition) is 0. The largest absolute Gasteiger partial charge is 0.0654 e. The van der Waals surface area contributed by atoms with E-state index in [1.165, 1.54) is 55.2 Å². The molecule has 2 aromatic carbocycles. The van der Waals surface area contributed by atoms with Crippen LogP contribution in [-0.4, -0.2) is 0 Å².